The molecule has 0 saturated carbocycles. The van der Waals surface area contributed by atoms with Gasteiger partial charge in [0.05, 0.1) is 6.61 Å². The molecule has 0 unspecified atom stereocenters. The highest BCUT2D eigenvalue weighted by atomic mass is 32.1. The largest absolute Gasteiger partial charge is 0.494 e. The third-order valence-electron chi connectivity index (χ3n) is 4.39. The zero-order valence-electron chi connectivity index (χ0n) is 17.1. The van der Waals surface area contributed by atoms with E-state index in [1.54, 1.807) is 30.5 Å². The van der Waals surface area contributed by atoms with Crippen molar-refractivity contribution in [1.29, 1.82) is 5.26 Å². The number of aromatic nitrogens is 1. The summed E-state index contributed by atoms with van der Waals surface area (Å²) in [5, 5.41) is 12.5. The van der Waals surface area contributed by atoms with Crippen LogP contribution in [0.1, 0.15) is 35.8 Å². The van der Waals surface area contributed by atoms with Crippen molar-refractivity contribution in [3.63, 3.8) is 0 Å². The van der Waals surface area contributed by atoms with Gasteiger partial charge < -0.3 is 4.74 Å². The molecule has 0 radical (unpaired) electrons. The van der Waals surface area contributed by atoms with E-state index in [0.29, 0.717) is 18.2 Å². The molecule has 0 bridgehead atoms. The van der Waals surface area contributed by atoms with E-state index < -0.39 is 5.91 Å². The minimum atomic E-state index is -0.520. The number of unbranched alkanes of at least 4 members (excludes halogenated alkanes) is 1. The summed E-state index contributed by atoms with van der Waals surface area (Å²) >= 11 is 1.32. The average Bonchev–Trinajstić information content (AvgIpc) is 3.21. The zero-order valence-corrected chi connectivity index (χ0v) is 17.9. The smallest absolute Gasteiger partial charge is 0.268 e. The van der Waals surface area contributed by atoms with E-state index in [9.17, 15) is 14.4 Å². The van der Waals surface area contributed by atoms with Crippen molar-refractivity contribution in [3.8, 4) is 11.8 Å². The fraction of sp³-hybridized carbons (Fsp3) is 0.208. The maximum atomic E-state index is 13.0. The number of hydrogen-bond acceptors (Lipinski definition) is 5. The Morgan fingerprint density at radius 2 is 1.97 bits per heavy atom. The fourth-order valence-electron chi connectivity index (χ4n) is 2.72. The predicted molar refractivity (Wildman–Crippen MR) is 120 cm³/mol. The minimum absolute atomic E-state index is 0.0186. The van der Waals surface area contributed by atoms with Gasteiger partial charge in [-0.05, 0) is 47.9 Å². The molecule has 2 aromatic carbocycles. The molecule has 31 heavy (non-hydrogen) atoms. The van der Waals surface area contributed by atoms with Crippen molar-refractivity contribution in [3.05, 3.63) is 82.1 Å². The van der Waals surface area contributed by atoms with Crippen LogP contribution >= 0.6 is 11.3 Å². The summed E-state index contributed by atoms with van der Waals surface area (Å²) in [5.41, 5.74) is 1.66. The summed E-state index contributed by atoms with van der Waals surface area (Å²) in [7, 11) is 0. The van der Waals surface area contributed by atoms with Gasteiger partial charge in [-0.25, -0.2) is 9.37 Å². The molecular weight excluding hydrogens is 413 g/mol. The van der Waals surface area contributed by atoms with Crippen LogP contribution in [0.3, 0.4) is 0 Å². The van der Waals surface area contributed by atoms with Crippen molar-refractivity contribution in [2.75, 3.05) is 11.9 Å². The van der Waals surface area contributed by atoms with Gasteiger partial charge in [0.15, 0.2) is 5.13 Å². The van der Waals surface area contributed by atoms with Gasteiger partial charge in [-0.3, -0.25) is 10.1 Å². The molecule has 158 valence electrons. The van der Waals surface area contributed by atoms with Crippen molar-refractivity contribution in [2.24, 2.45) is 0 Å². The number of amides is 1. The SMILES string of the molecule is CCCCOc1ccc(/C=C(\C#N)C(=O)Nc2ncc(Cc3ccc(F)cc3)s2)cc1. The highest BCUT2D eigenvalue weighted by Crippen LogP contribution is 2.22. The molecular formula is C24H22FN3O2S. The van der Waals surface area contributed by atoms with E-state index in [1.165, 1.54) is 29.5 Å². The fourth-order valence-corrected chi connectivity index (χ4v) is 3.57. The molecule has 0 fully saturated rings. The number of carbonyl (C=O) groups excluding carboxylic acids is 1. The maximum Gasteiger partial charge on any atom is 0.268 e. The van der Waals surface area contributed by atoms with E-state index >= 15 is 0 Å². The lowest BCUT2D eigenvalue weighted by atomic mass is 10.1. The first-order valence-corrected chi connectivity index (χ1v) is 10.7. The van der Waals surface area contributed by atoms with Crippen molar-refractivity contribution in [1.82, 2.24) is 4.98 Å². The van der Waals surface area contributed by atoms with Crippen LogP contribution in [0.25, 0.3) is 6.08 Å². The van der Waals surface area contributed by atoms with Crippen LogP contribution < -0.4 is 10.1 Å². The number of carbonyl (C=O) groups is 1. The Bertz CT molecular complexity index is 1080. The summed E-state index contributed by atoms with van der Waals surface area (Å²) in [6.07, 6.45) is 5.83. The molecule has 0 aliphatic rings. The molecule has 0 atom stereocenters. The lowest BCUT2D eigenvalue weighted by molar-refractivity contribution is -0.112. The topological polar surface area (TPSA) is 75.0 Å². The third-order valence-corrected chi connectivity index (χ3v) is 5.30. The van der Waals surface area contributed by atoms with Gasteiger partial charge in [0, 0.05) is 17.5 Å². The Morgan fingerprint density at radius 3 is 2.65 bits per heavy atom. The number of benzene rings is 2. The lowest BCUT2D eigenvalue weighted by Crippen LogP contribution is -2.13. The first-order valence-electron chi connectivity index (χ1n) is 9.92. The quantitative estimate of drug-likeness (QED) is 0.270. The van der Waals surface area contributed by atoms with Crippen LogP contribution in [-0.2, 0) is 11.2 Å². The summed E-state index contributed by atoms with van der Waals surface area (Å²) in [6, 6.07) is 15.4. The van der Waals surface area contributed by atoms with Gasteiger partial charge in [-0.15, -0.1) is 11.3 Å². The third kappa shape index (κ3) is 6.76. The van der Waals surface area contributed by atoms with Crippen molar-refractivity contribution in [2.45, 2.75) is 26.2 Å². The van der Waals surface area contributed by atoms with Gasteiger partial charge in [-0.2, -0.15) is 5.26 Å². The Balaban J connectivity index is 1.61. The summed E-state index contributed by atoms with van der Waals surface area (Å²) in [4.78, 5) is 17.6. The second-order valence-corrected chi connectivity index (χ2v) is 7.95. The number of hydrogen-bond donors (Lipinski definition) is 1. The maximum absolute atomic E-state index is 13.0. The van der Waals surface area contributed by atoms with Gasteiger partial charge in [0.25, 0.3) is 5.91 Å². The number of ether oxygens (including phenoxy) is 1. The Kier molecular flexibility index (Phi) is 7.91. The summed E-state index contributed by atoms with van der Waals surface area (Å²) in [5.74, 6) is -0.0473. The van der Waals surface area contributed by atoms with E-state index in [1.807, 2.05) is 18.2 Å². The van der Waals surface area contributed by atoms with Crippen LogP contribution in [0, 0.1) is 17.1 Å². The highest BCUT2D eigenvalue weighted by Gasteiger charge is 2.12. The molecule has 1 aromatic heterocycles. The molecule has 1 heterocycles. The molecule has 0 saturated heterocycles. The van der Waals surface area contributed by atoms with Crippen LogP contribution in [0.5, 0.6) is 5.75 Å². The second kappa shape index (κ2) is 11.0. The molecule has 5 nitrogen and oxygen atoms in total. The van der Waals surface area contributed by atoms with E-state index in [-0.39, 0.29) is 11.4 Å². The van der Waals surface area contributed by atoms with Crippen molar-refractivity contribution < 1.29 is 13.9 Å². The molecule has 0 spiro atoms. The number of nitrogens with one attached hydrogen (secondary N) is 1. The van der Waals surface area contributed by atoms with E-state index in [2.05, 4.69) is 17.2 Å². The average molecular weight is 436 g/mol. The normalized spacial score (nSPS) is 11.1. The first kappa shape index (κ1) is 22.2. The van der Waals surface area contributed by atoms with Crippen LogP contribution in [0.2, 0.25) is 0 Å². The first-order chi connectivity index (χ1) is 15.1. The predicted octanol–water partition coefficient (Wildman–Crippen LogP) is 5.60. The number of anilines is 1. The van der Waals surface area contributed by atoms with Gasteiger partial charge in [-0.1, -0.05) is 37.6 Å². The summed E-state index contributed by atoms with van der Waals surface area (Å²) in [6.45, 7) is 2.76. The van der Waals surface area contributed by atoms with Crippen molar-refractivity contribution >= 4 is 28.5 Å². The van der Waals surface area contributed by atoms with Crippen LogP contribution in [0.15, 0.2) is 60.3 Å². The lowest BCUT2D eigenvalue weighted by Gasteiger charge is -2.05. The molecule has 7 heteroatoms. The standard InChI is InChI=1S/C24H22FN3O2S/c1-2-3-12-30-21-10-6-17(7-11-21)13-19(15-26)23(29)28-24-27-16-22(31-24)14-18-4-8-20(25)9-5-18/h4-11,13,16H,2-3,12,14H2,1H3,(H,27,28,29)/b19-13+. The minimum Gasteiger partial charge on any atom is -0.494 e. The Labute approximate surface area is 184 Å². The monoisotopic (exact) mass is 435 g/mol. The second-order valence-electron chi connectivity index (χ2n) is 6.83. The van der Waals surface area contributed by atoms with Gasteiger partial charge in [0.2, 0.25) is 0 Å². The van der Waals surface area contributed by atoms with E-state index in [4.69, 9.17) is 4.74 Å². The van der Waals surface area contributed by atoms with Crippen LogP contribution in [0.4, 0.5) is 9.52 Å². The van der Waals surface area contributed by atoms with Crippen LogP contribution in [-0.4, -0.2) is 17.5 Å². The van der Waals surface area contributed by atoms with Gasteiger partial charge in [0.1, 0.15) is 23.2 Å². The zero-order chi connectivity index (χ0) is 22.1. The molecule has 0 aliphatic carbocycles. The van der Waals surface area contributed by atoms with E-state index in [0.717, 1.165) is 34.6 Å². The number of nitriles is 1. The van der Waals surface area contributed by atoms with Gasteiger partial charge >= 0.3 is 0 Å². The highest BCUT2D eigenvalue weighted by molar-refractivity contribution is 7.15. The Hall–Kier alpha value is -3.50. The molecule has 3 rings (SSSR count). The number of halogens is 1. The number of thiazole rings is 1. The number of nitrogens with zero attached hydrogens (tertiary/aromatic N) is 2. The Morgan fingerprint density at radius 1 is 1.23 bits per heavy atom. The molecule has 1 amide bonds. The molecule has 1 N–H and O–H groups in total. The number of rotatable bonds is 9. The molecule has 0 aliphatic heterocycles. The summed E-state index contributed by atoms with van der Waals surface area (Å²) < 4.78 is 18.6. The molecule has 3 aromatic rings.